The van der Waals surface area contributed by atoms with Crippen LogP contribution in [0.5, 0.6) is 0 Å². The maximum absolute atomic E-state index is 14.2. The molecule has 2 aliphatic heterocycles. The Bertz CT molecular complexity index is 1490. The van der Waals surface area contributed by atoms with Crippen LogP contribution in [0.25, 0.3) is 16.9 Å². The first-order chi connectivity index (χ1) is 17.9. The summed E-state index contributed by atoms with van der Waals surface area (Å²) in [4.78, 5) is 29.7. The van der Waals surface area contributed by atoms with E-state index in [0.29, 0.717) is 30.8 Å². The van der Waals surface area contributed by atoms with Gasteiger partial charge in [0.2, 0.25) is 5.91 Å². The molecule has 4 aromatic rings. The second-order valence-corrected chi connectivity index (χ2v) is 9.59. The van der Waals surface area contributed by atoms with Crippen molar-refractivity contribution in [2.75, 3.05) is 11.9 Å². The maximum Gasteiger partial charge on any atom is 0.253 e. The molecular formula is C28H26FN5O3. The Labute approximate surface area is 213 Å². The molecule has 0 radical (unpaired) electrons. The van der Waals surface area contributed by atoms with Crippen molar-refractivity contribution in [2.45, 2.75) is 39.0 Å². The number of fused-ring (bicyclic) bond motifs is 1. The molecule has 9 heteroatoms. The Kier molecular flexibility index (Phi) is 5.64. The Morgan fingerprint density at radius 2 is 2.03 bits per heavy atom. The van der Waals surface area contributed by atoms with Gasteiger partial charge in [0.15, 0.2) is 6.23 Å². The number of ether oxygens (including phenoxy) is 1. The van der Waals surface area contributed by atoms with Gasteiger partial charge in [-0.25, -0.2) is 9.07 Å². The van der Waals surface area contributed by atoms with Gasteiger partial charge in [0.05, 0.1) is 12.1 Å². The van der Waals surface area contributed by atoms with Crippen LogP contribution in [0.15, 0.2) is 61.1 Å². The number of halogens is 1. The number of benzene rings is 2. The number of rotatable bonds is 6. The van der Waals surface area contributed by atoms with Crippen molar-refractivity contribution < 1.29 is 18.7 Å². The molecule has 0 bridgehead atoms. The molecule has 0 aliphatic carbocycles. The van der Waals surface area contributed by atoms with Crippen molar-refractivity contribution in [2.24, 2.45) is 0 Å². The van der Waals surface area contributed by atoms with Gasteiger partial charge in [0.25, 0.3) is 5.91 Å². The smallest absolute Gasteiger partial charge is 0.253 e. The molecule has 2 aliphatic rings. The van der Waals surface area contributed by atoms with Crippen molar-refractivity contribution in [1.29, 1.82) is 0 Å². The molecule has 6 rings (SSSR count). The second kappa shape index (κ2) is 9.01. The van der Waals surface area contributed by atoms with Crippen LogP contribution >= 0.6 is 0 Å². The maximum atomic E-state index is 14.2. The van der Waals surface area contributed by atoms with E-state index in [4.69, 9.17) is 9.84 Å². The average Bonchev–Trinajstić information content (AvgIpc) is 3.63. The van der Waals surface area contributed by atoms with Crippen molar-refractivity contribution in [1.82, 2.24) is 19.7 Å². The number of hydrogen-bond donors (Lipinski definition) is 2. The number of nitrogens with one attached hydrogen (secondary N) is 2. The summed E-state index contributed by atoms with van der Waals surface area (Å²) >= 11 is 0. The highest BCUT2D eigenvalue weighted by molar-refractivity contribution is 5.99. The molecule has 8 nitrogen and oxygen atoms in total. The summed E-state index contributed by atoms with van der Waals surface area (Å²) in [5.41, 5.74) is 6.42. The van der Waals surface area contributed by atoms with Crippen LogP contribution in [0.4, 0.5) is 10.1 Å². The fourth-order valence-electron chi connectivity index (χ4n) is 5.05. The molecule has 0 spiro atoms. The standard InChI is InChI=1S/C28H26FN5O3/c1-16-9-21(29)13-22(10-16)34-15-23(26(32-34)20-5-7-30-14-20)28-33(27(36)17(2)37-28)8-6-18-3-4-19-12-25(35)31-24(19)11-18/h3-5,7,9-11,13-15,17,28,30H,6,8,12H2,1-2H3,(H,31,35). The van der Waals surface area contributed by atoms with Gasteiger partial charge in [0.1, 0.15) is 17.6 Å². The third-order valence-electron chi connectivity index (χ3n) is 6.86. The number of hydrogen-bond acceptors (Lipinski definition) is 4. The Hall–Kier alpha value is -4.24. The van der Waals surface area contributed by atoms with Gasteiger partial charge in [-0.15, -0.1) is 0 Å². The molecular weight excluding hydrogens is 473 g/mol. The summed E-state index contributed by atoms with van der Waals surface area (Å²) < 4.78 is 22.0. The van der Waals surface area contributed by atoms with E-state index in [1.165, 1.54) is 12.1 Å². The molecule has 2 N–H and O–H groups in total. The summed E-state index contributed by atoms with van der Waals surface area (Å²) in [5.74, 6) is -0.455. The Balaban J connectivity index is 1.34. The zero-order chi connectivity index (χ0) is 25.7. The third-order valence-corrected chi connectivity index (χ3v) is 6.86. The number of aromatic nitrogens is 3. The Morgan fingerprint density at radius 1 is 1.16 bits per heavy atom. The molecule has 0 saturated carbocycles. The Morgan fingerprint density at radius 3 is 2.81 bits per heavy atom. The predicted octanol–water partition coefficient (Wildman–Crippen LogP) is 4.30. The van der Waals surface area contributed by atoms with Crippen LogP contribution in [0.3, 0.4) is 0 Å². The van der Waals surface area contributed by atoms with Crippen LogP contribution in [-0.4, -0.2) is 44.1 Å². The average molecular weight is 500 g/mol. The fraction of sp³-hybridized carbons (Fsp3) is 0.250. The van der Waals surface area contributed by atoms with E-state index in [0.717, 1.165) is 33.5 Å². The lowest BCUT2D eigenvalue weighted by Gasteiger charge is -2.23. The summed E-state index contributed by atoms with van der Waals surface area (Å²) in [6, 6.07) is 12.6. The van der Waals surface area contributed by atoms with Crippen molar-refractivity contribution in [3.8, 4) is 16.9 Å². The molecule has 1 fully saturated rings. The summed E-state index contributed by atoms with van der Waals surface area (Å²) in [6.45, 7) is 4.00. The first kappa shape index (κ1) is 23.2. The number of amides is 2. The number of carbonyl (C=O) groups is 2. The quantitative estimate of drug-likeness (QED) is 0.414. The number of H-pyrrole nitrogens is 1. The summed E-state index contributed by atoms with van der Waals surface area (Å²) in [7, 11) is 0. The van der Waals surface area contributed by atoms with Crippen LogP contribution in [0.1, 0.15) is 35.4 Å². The van der Waals surface area contributed by atoms with Gasteiger partial charge in [0, 0.05) is 41.9 Å². The van der Waals surface area contributed by atoms with Gasteiger partial charge in [-0.05, 0) is 67.3 Å². The highest BCUT2D eigenvalue weighted by Gasteiger charge is 2.40. The summed E-state index contributed by atoms with van der Waals surface area (Å²) in [6.07, 6.45) is 5.18. The normalized spacial score (nSPS) is 18.9. The molecule has 2 aromatic carbocycles. The van der Waals surface area contributed by atoms with Gasteiger partial charge >= 0.3 is 0 Å². The number of nitrogens with zero attached hydrogens (tertiary/aromatic N) is 3. The number of carbonyl (C=O) groups excluding carboxylic acids is 2. The highest BCUT2D eigenvalue weighted by Crippen LogP contribution is 2.37. The molecule has 1 saturated heterocycles. The van der Waals surface area contributed by atoms with Crippen molar-refractivity contribution >= 4 is 17.5 Å². The van der Waals surface area contributed by atoms with E-state index in [9.17, 15) is 14.0 Å². The van der Waals surface area contributed by atoms with E-state index in [-0.39, 0.29) is 17.6 Å². The predicted molar refractivity (Wildman–Crippen MR) is 136 cm³/mol. The number of anilines is 1. The molecule has 2 atom stereocenters. The first-order valence-corrected chi connectivity index (χ1v) is 12.2. The van der Waals surface area contributed by atoms with E-state index in [2.05, 4.69) is 10.3 Å². The fourth-order valence-corrected chi connectivity index (χ4v) is 5.05. The zero-order valence-corrected chi connectivity index (χ0v) is 20.5. The largest absolute Gasteiger partial charge is 0.367 e. The van der Waals surface area contributed by atoms with Crippen molar-refractivity contribution in [3.05, 3.63) is 89.1 Å². The van der Waals surface area contributed by atoms with Gasteiger partial charge in [-0.3, -0.25) is 9.59 Å². The van der Waals surface area contributed by atoms with Crippen LogP contribution in [0, 0.1) is 12.7 Å². The SMILES string of the molecule is Cc1cc(F)cc(-n2cc(C3OC(C)C(=O)N3CCc3ccc4c(c3)NC(=O)C4)c(-c3cc[nH]c3)n2)c1. The van der Waals surface area contributed by atoms with Gasteiger partial charge in [-0.1, -0.05) is 12.1 Å². The van der Waals surface area contributed by atoms with E-state index in [1.807, 2.05) is 49.6 Å². The van der Waals surface area contributed by atoms with E-state index < -0.39 is 12.3 Å². The lowest BCUT2D eigenvalue weighted by molar-refractivity contribution is -0.130. The topological polar surface area (TPSA) is 92.2 Å². The van der Waals surface area contributed by atoms with Crippen molar-refractivity contribution in [3.63, 3.8) is 0 Å². The molecule has 37 heavy (non-hydrogen) atoms. The summed E-state index contributed by atoms with van der Waals surface area (Å²) in [5, 5.41) is 7.65. The molecule has 2 unspecified atom stereocenters. The number of aryl methyl sites for hydroxylation is 1. The highest BCUT2D eigenvalue weighted by atomic mass is 19.1. The monoisotopic (exact) mass is 499 g/mol. The zero-order valence-electron chi connectivity index (χ0n) is 20.5. The van der Waals surface area contributed by atoms with E-state index >= 15 is 0 Å². The van der Waals surface area contributed by atoms with E-state index in [1.54, 1.807) is 22.7 Å². The minimum Gasteiger partial charge on any atom is -0.367 e. The third kappa shape index (κ3) is 4.31. The molecule has 2 aromatic heterocycles. The molecule has 188 valence electrons. The first-order valence-electron chi connectivity index (χ1n) is 12.2. The van der Waals surface area contributed by atoms with Crippen LogP contribution in [-0.2, 0) is 27.2 Å². The minimum atomic E-state index is -0.648. The number of aromatic amines is 1. The van der Waals surface area contributed by atoms with Gasteiger partial charge < -0.3 is 19.9 Å². The molecule has 4 heterocycles. The van der Waals surface area contributed by atoms with Gasteiger partial charge in [-0.2, -0.15) is 5.10 Å². The van der Waals surface area contributed by atoms with Crippen LogP contribution in [0.2, 0.25) is 0 Å². The second-order valence-electron chi connectivity index (χ2n) is 9.59. The lowest BCUT2D eigenvalue weighted by Crippen LogP contribution is -2.32. The van der Waals surface area contributed by atoms with Crippen LogP contribution < -0.4 is 5.32 Å². The molecule has 2 amide bonds. The lowest BCUT2D eigenvalue weighted by atomic mass is 10.1. The minimum absolute atomic E-state index is 0.00745.